The summed E-state index contributed by atoms with van der Waals surface area (Å²) >= 11 is 5.64. The van der Waals surface area contributed by atoms with Gasteiger partial charge in [-0.05, 0) is 36.2 Å². The number of benzene rings is 1. The molecule has 2 rings (SSSR count). The maximum atomic E-state index is 13.4. The van der Waals surface area contributed by atoms with Crippen LogP contribution in [0.1, 0.15) is 35.9 Å². The molecule has 0 spiro atoms. The molecule has 1 aromatic heterocycles. The van der Waals surface area contributed by atoms with Gasteiger partial charge >= 0.3 is 5.97 Å². The Hall–Kier alpha value is -2.14. The number of carboxylic acid groups (broad SMARTS) is 1. The second-order valence-corrected chi connectivity index (χ2v) is 5.25. The highest BCUT2D eigenvalue weighted by Crippen LogP contribution is 2.27. The number of hydrogen-bond donors (Lipinski definition) is 2. The van der Waals surface area contributed by atoms with Crippen LogP contribution in [0.15, 0.2) is 30.3 Å². The fourth-order valence-electron chi connectivity index (χ4n) is 1.87. The summed E-state index contributed by atoms with van der Waals surface area (Å²) in [4.78, 5) is 15.1. The summed E-state index contributed by atoms with van der Waals surface area (Å²) < 4.78 is 13.4. The number of carbonyl (C=O) groups is 1. The van der Waals surface area contributed by atoms with Crippen LogP contribution in [0.25, 0.3) is 0 Å². The van der Waals surface area contributed by atoms with Crippen molar-refractivity contribution in [3.8, 4) is 0 Å². The fraction of sp³-hybridized carbons (Fsp3) is 0.200. The molecule has 0 aliphatic carbocycles. The van der Waals surface area contributed by atoms with Gasteiger partial charge in [-0.1, -0.05) is 25.4 Å². The summed E-state index contributed by atoms with van der Waals surface area (Å²) in [6, 6.07) is 7.40. The molecular formula is C15H14ClFN2O2. The lowest BCUT2D eigenvalue weighted by atomic mass is 10.1. The Balaban J connectivity index is 2.38. The van der Waals surface area contributed by atoms with Crippen molar-refractivity contribution in [2.24, 2.45) is 0 Å². The highest BCUT2D eigenvalue weighted by molar-refractivity contribution is 6.30. The van der Waals surface area contributed by atoms with E-state index in [1.807, 2.05) is 13.8 Å². The molecule has 6 heteroatoms. The first-order chi connectivity index (χ1) is 9.88. The second-order valence-electron chi connectivity index (χ2n) is 4.84. The van der Waals surface area contributed by atoms with Crippen LogP contribution in [0.4, 0.5) is 15.8 Å². The van der Waals surface area contributed by atoms with Crippen molar-refractivity contribution in [2.75, 3.05) is 5.32 Å². The molecule has 0 radical (unpaired) electrons. The number of nitrogens with one attached hydrogen (secondary N) is 1. The van der Waals surface area contributed by atoms with Crippen LogP contribution in [0.2, 0.25) is 5.02 Å². The molecule has 2 N–H and O–H groups in total. The lowest BCUT2D eigenvalue weighted by Crippen LogP contribution is -2.07. The third-order valence-electron chi connectivity index (χ3n) is 2.89. The molecule has 1 aromatic carbocycles. The van der Waals surface area contributed by atoms with Crippen molar-refractivity contribution in [1.29, 1.82) is 0 Å². The third-order valence-corrected chi connectivity index (χ3v) is 3.20. The Labute approximate surface area is 126 Å². The van der Waals surface area contributed by atoms with Crippen molar-refractivity contribution in [2.45, 2.75) is 19.8 Å². The summed E-state index contributed by atoms with van der Waals surface area (Å²) in [5, 5.41) is 12.1. The number of rotatable bonds is 4. The first-order valence-corrected chi connectivity index (χ1v) is 6.72. The quantitative estimate of drug-likeness (QED) is 0.876. The summed E-state index contributed by atoms with van der Waals surface area (Å²) in [5.41, 5.74) is 1.73. The minimum absolute atomic E-state index is 0.0175. The molecule has 0 atom stereocenters. The molecule has 0 aliphatic heterocycles. The lowest BCUT2D eigenvalue weighted by molar-refractivity contribution is 0.0690. The van der Waals surface area contributed by atoms with Gasteiger partial charge in [0.2, 0.25) is 0 Å². The van der Waals surface area contributed by atoms with E-state index < -0.39 is 11.8 Å². The standard InChI is InChI=1S/C15H14ClFN2O2/c1-8(2)14-12(5-6-13(19-14)15(20)21)18-9-3-4-10(16)11(17)7-9/h3-8,18H,1-2H3,(H,20,21). The number of pyridine rings is 1. The minimum atomic E-state index is -1.08. The zero-order valence-electron chi connectivity index (χ0n) is 11.5. The number of anilines is 2. The van der Waals surface area contributed by atoms with Crippen LogP contribution in [0, 0.1) is 5.82 Å². The molecule has 0 aliphatic rings. The van der Waals surface area contributed by atoms with Crippen LogP contribution >= 0.6 is 11.6 Å². The number of hydrogen-bond acceptors (Lipinski definition) is 3. The van der Waals surface area contributed by atoms with Crippen LogP contribution in [-0.4, -0.2) is 16.1 Å². The minimum Gasteiger partial charge on any atom is -0.477 e. The largest absolute Gasteiger partial charge is 0.477 e. The first-order valence-electron chi connectivity index (χ1n) is 6.35. The van der Waals surface area contributed by atoms with E-state index >= 15 is 0 Å². The monoisotopic (exact) mass is 308 g/mol. The Bertz CT molecular complexity index is 689. The van der Waals surface area contributed by atoms with Gasteiger partial charge in [0.25, 0.3) is 0 Å². The predicted molar refractivity (Wildman–Crippen MR) is 80.0 cm³/mol. The van der Waals surface area contributed by atoms with E-state index in [1.54, 1.807) is 12.1 Å². The van der Waals surface area contributed by atoms with E-state index in [1.165, 1.54) is 18.2 Å². The van der Waals surface area contributed by atoms with Crippen molar-refractivity contribution < 1.29 is 14.3 Å². The fourth-order valence-corrected chi connectivity index (χ4v) is 1.99. The highest BCUT2D eigenvalue weighted by atomic mass is 35.5. The van der Waals surface area contributed by atoms with Gasteiger partial charge < -0.3 is 10.4 Å². The molecule has 0 fully saturated rings. The molecular weight excluding hydrogens is 295 g/mol. The van der Waals surface area contributed by atoms with Gasteiger partial charge in [0.1, 0.15) is 11.5 Å². The topological polar surface area (TPSA) is 62.2 Å². The van der Waals surface area contributed by atoms with Crippen LogP contribution < -0.4 is 5.32 Å². The average Bonchev–Trinajstić information content (AvgIpc) is 2.43. The van der Waals surface area contributed by atoms with Crippen LogP contribution in [0.5, 0.6) is 0 Å². The number of aromatic carboxylic acids is 1. The number of nitrogens with zero attached hydrogens (tertiary/aromatic N) is 1. The van der Waals surface area contributed by atoms with Gasteiger partial charge in [-0.3, -0.25) is 0 Å². The third kappa shape index (κ3) is 3.49. The second kappa shape index (κ2) is 6.10. The summed E-state index contributed by atoms with van der Waals surface area (Å²) in [7, 11) is 0. The smallest absolute Gasteiger partial charge is 0.354 e. The van der Waals surface area contributed by atoms with Crippen molar-refractivity contribution in [3.63, 3.8) is 0 Å². The zero-order chi connectivity index (χ0) is 15.6. The SMILES string of the molecule is CC(C)c1nc(C(=O)O)ccc1Nc1ccc(Cl)c(F)c1. The summed E-state index contributed by atoms with van der Waals surface area (Å²) in [6.45, 7) is 3.81. The van der Waals surface area contributed by atoms with Crippen molar-refractivity contribution in [1.82, 2.24) is 4.98 Å². The molecule has 0 amide bonds. The maximum Gasteiger partial charge on any atom is 0.354 e. The lowest BCUT2D eigenvalue weighted by Gasteiger charge is -2.14. The van der Waals surface area contributed by atoms with E-state index in [9.17, 15) is 9.18 Å². The molecule has 1 heterocycles. The molecule has 2 aromatic rings. The molecule has 0 saturated heterocycles. The van der Waals surface area contributed by atoms with Gasteiger partial charge in [-0.2, -0.15) is 0 Å². The van der Waals surface area contributed by atoms with E-state index in [4.69, 9.17) is 16.7 Å². The Kier molecular flexibility index (Phi) is 4.43. The van der Waals surface area contributed by atoms with Crippen LogP contribution in [0.3, 0.4) is 0 Å². The first kappa shape index (κ1) is 15.3. The number of halogens is 2. The van der Waals surface area contributed by atoms with Gasteiger partial charge in [0.15, 0.2) is 0 Å². The molecule has 21 heavy (non-hydrogen) atoms. The molecule has 4 nitrogen and oxygen atoms in total. The Morgan fingerprint density at radius 3 is 2.62 bits per heavy atom. The van der Waals surface area contributed by atoms with Gasteiger partial charge in [-0.15, -0.1) is 0 Å². The van der Waals surface area contributed by atoms with Crippen molar-refractivity contribution in [3.05, 3.63) is 52.6 Å². The zero-order valence-corrected chi connectivity index (χ0v) is 12.3. The normalized spacial score (nSPS) is 10.7. The highest BCUT2D eigenvalue weighted by Gasteiger charge is 2.13. The Morgan fingerprint density at radius 1 is 1.33 bits per heavy atom. The summed E-state index contributed by atoms with van der Waals surface area (Å²) in [6.07, 6.45) is 0. The van der Waals surface area contributed by atoms with E-state index in [2.05, 4.69) is 10.3 Å². The predicted octanol–water partition coefficient (Wildman–Crippen LogP) is 4.44. The molecule has 0 saturated carbocycles. The van der Waals surface area contributed by atoms with E-state index in [0.29, 0.717) is 17.1 Å². The number of aromatic nitrogens is 1. The van der Waals surface area contributed by atoms with E-state index in [-0.39, 0.29) is 16.6 Å². The average molecular weight is 309 g/mol. The van der Waals surface area contributed by atoms with Gasteiger partial charge in [0, 0.05) is 5.69 Å². The summed E-state index contributed by atoms with van der Waals surface area (Å²) in [5.74, 6) is -1.59. The maximum absolute atomic E-state index is 13.4. The van der Waals surface area contributed by atoms with Gasteiger partial charge in [-0.25, -0.2) is 14.2 Å². The Morgan fingerprint density at radius 2 is 2.05 bits per heavy atom. The van der Waals surface area contributed by atoms with Crippen molar-refractivity contribution >= 4 is 28.9 Å². The number of carboxylic acids is 1. The van der Waals surface area contributed by atoms with E-state index in [0.717, 1.165) is 0 Å². The molecule has 0 unspecified atom stereocenters. The van der Waals surface area contributed by atoms with Crippen LogP contribution in [-0.2, 0) is 0 Å². The molecule has 110 valence electrons. The molecule has 0 bridgehead atoms. The van der Waals surface area contributed by atoms with Gasteiger partial charge in [0.05, 0.1) is 16.4 Å².